The van der Waals surface area contributed by atoms with E-state index in [9.17, 15) is 4.79 Å². The van der Waals surface area contributed by atoms with Crippen LogP contribution in [0, 0.1) is 6.92 Å². The second-order valence-electron chi connectivity index (χ2n) is 7.46. The Morgan fingerprint density at radius 3 is 2.52 bits per heavy atom. The number of nitrogens with one attached hydrogen (secondary N) is 1. The minimum Gasteiger partial charge on any atom is -0.325 e. The summed E-state index contributed by atoms with van der Waals surface area (Å²) >= 11 is 1.41. The van der Waals surface area contributed by atoms with E-state index in [0.717, 1.165) is 29.7 Å². The molecular formula is C22H25N5OS. The fourth-order valence-corrected chi connectivity index (χ4v) is 4.72. The third-order valence-electron chi connectivity index (χ3n) is 5.27. The zero-order chi connectivity index (χ0) is 20.1. The number of benzene rings is 2. The van der Waals surface area contributed by atoms with Crippen molar-refractivity contribution in [2.45, 2.75) is 55.5 Å². The van der Waals surface area contributed by atoms with Crippen molar-refractivity contribution >= 4 is 23.4 Å². The number of aryl methyl sites for hydroxylation is 1. The van der Waals surface area contributed by atoms with Crippen LogP contribution in [0.15, 0.2) is 59.8 Å². The third kappa shape index (κ3) is 4.85. The Hall–Kier alpha value is -2.67. The molecule has 2 aromatic carbocycles. The summed E-state index contributed by atoms with van der Waals surface area (Å²) in [6, 6.07) is 17.9. The largest absolute Gasteiger partial charge is 0.325 e. The van der Waals surface area contributed by atoms with E-state index in [1.807, 2.05) is 66.2 Å². The average molecular weight is 408 g/mol. The van der Waals surface area contributed by atoms with Crippen molar-refractivity contribution in [1.29, 1.82) is 0 Å². The van der Waals surface area contributed by atoms with Crippen LogP contribution in [0.1, 0.15) is 54.5 Å². The standard InChI is InChI=1S/C22H25N5OS/c1-16-12-14-18(15-13-16)23-21(28)20(17-8-4-2-5-9-17)29-22-24-25-26-27(22)19-10-6-3-7-11-19/h2,4-5,8-9,12-15,19-20H,3,6-7,10-11H2,1H3,(H,23,28). The van der Waals surface area contributed by atoms with Crippen LogP contribution < -0.4 is 5.32 Å². The molecule has 1 heterocycles. The van der Waals surface area contributed by atoms with E-state index in [2.05, 4.69) is 20.8 Å². The highest BCUT2D eigenvalue weighted by Crippen LogP contribution is 2.37. The van der Waals surface area contributed by atoms with Gasteiger partial charge in [0.05, 0.1) is 6.04 Å². The van der Waals surface area contributed by atoms with Crippen LogP contribution in [0.25, 0.3) is 0 Å². The number of hydrogen-bond acceptors (Lipinski definition) is 5. The molecule has 7 heteroatoms. The highest BCUT2D eigenvalue weighted by Gasteiger charge is 2.27. The van der Waals surface area contributed by atoms with Gasteiger partial charge in [0.1, 0.15) is 5.25 Å². The van der Waals surface area contributed by atoms with Crippen molar-refractivity contribution in [3.63, 3.8) is 0 Å². The molecule has 1 aliphatic carbocycles. The van der Waals surface area contributed by atoms with Crippen LogP contribution in [0.4, 0.5) is 5.69 Å². The summed E-state index contributed by atoms with van der Waals surface area (Å²) in [5, 5.41) is 15.7. The summed E-state index contributed by atoms with van der Waals surface area (Å²) in [5.41, 5.74) is 2.87. The Labute approximate surface area is 175 Å². The summed E-state index contributed by atoms with van der Waals surface area (Å²) in [4.78, 5) is 13.2. The predicted octanol–water partition coefficient (Wildman–Crippen LogP) is 4.96. The molecule has 1 saturated carbocycles. The zero-order valence-electron chi connectivity index (χ0n) is 16.5. The lowest BCUT2D eigenvalue weighted by Gasteiger charge is -2.23. The number of rotatable bonds is 6. The molecule has 0 saturated heterocycles. The molecule has 0 radical (unpaired) electrons. The number of nitrogens with zero attached hydrogens (tertiary/aromatic N) is 4. The minimum atomic E-state index is -0.439. The van der Waals surface area contributed by atoms with Gasteiger partial charge in [0.25, 0.3) is 0 Å². The summed E-state index contributed by atoms with van der Waals surface area (Å²) in [7, 11) is 0. The van der Waals surface area contributed by atoms with E-state index in [-0.39, 0.29) is 5.91 Å². The van der Waals surface area contributed by atoms with Gasteiger partial charge < -0.3 is 5.32 Å². The van der Waals surface area contributed by atoms with Crippen molar-refractivity contribution in [1.82, 2.24) is 20.2 Å². The van der Waals surface area contributed by atoms with E-state index in [4.69, 9.17) is 0 Å². The maximum Gasteiger partial charge on any atom is 0.242 e. The fraction of sp³-hybridized carbons (Fsp3) is 0.364. The van der Waals surface area contributed by atoms with Gasteiger partial charge in [-0.2, -0.15) is 0 Å². The third-order valence-corrected chi connectivity index (χ3v) is 6.47. The lowest BCUT2D eigenvalue weighted by molar-refractivity contribution is -0.115. The van der Waals surface area contributed by atoms with Crippen molar-refractivity contribution in [2.24, 2.45) is 0 Å². The first-order valence-corrected chi connectivity index (χ1v) is 11.0. The van der Waals surface area contributed by atoms with Crippen LogP contribution >= 0.6 is 11.8 Å². The van der Waals surface area contributed by atoms with Crippen molar-refractivity contribution in [3.8, 4) is 0 Å². The molecule has 1 amide bonds. The van der Waals surface area contributed by atoms with Gasteiger partial charge in [-0.05, 0) is 47.9 Å². The molecular weight excluding hydrogens is 382 g/mol. The Morgan fingerprint density at radius 1 is 1.07 bits per heavy atom. The first-order valence-electron chi connectivity index (χ1n) is 10.1. The maximum absolute atomic E-state index is 13.2. The Balaban J connectivity index is 1.58. The number of thioether (sulfide) groups is 1. The first-order chi connectivity index (χ1) is 14.2. The second kappa shape index (κ2) is 9.22. The van der Waals surface area contributed by atoms with Crippen LogP contribution in [-0.2, 0) is 4.79 Å². The molecule has 1 aromatic heterocycles. The molecule has 4 rings (SSSR count). The molecule has 0 spiro atoms. The molecule has 1 fully saturated rings. The topological polar surface area (TPSA) is 72.7 Å². The molecule has 1 N–H and O–H groups in total. The van der Waals surface area contributed by atoms with Gasteiger partial charge in [0.2, 0.25) is 11.1 Å². The average Bonchev–Trinajstić information content (AvgIpc) is 3.23. The summed E-state index contributed by atoms with van der Waals surface area (Å²) in [6.45, 7) is 2.03. The number of anilines is 1. The number of carbonyl (C=O) groups is 1. The summed E-state index contributed by atoms with van der Waals surface area (Å²) in [6.07, 6.45) is 5.84. The van der Waals surface area contributed by atoms with Crippen molar-refractivity contribution in [2.75, 3.05) is 5.32 Å². The SMILES string of the molecule is Cc1ccc(NC(=O)C(Sc2nnnn2C2CCCCC2)c2ccccc2)cc1. The van der Waals surface area contributed by atoms with Gasteiger partial charge in [-0.25, -0.2) is 4.68 Å². The van der Waals surface area contributed by atoms with Crippen LogP contribution in [0.5, 0.6) is 0 Å². The van der Waals surface area contributed by atoms with E-state index >= 15 is 0 Å². The number of hydrogen-bond donors (Lipinski definition) is 1. The van der Waals surface area contributed by atoms with Gasteiger partial charge >= 0.3 is 0 Å². The van der Waals surface area contributed by atoms with Gasteiger partial charge in [-0.15, -0.1) is 5.10 Å². The highest BCUT2D eigenvalue weighted by molar-refractivity contribution is 8.00. The quantitative estimate of drug-likeness (QED) is 0.585. The summed E-state index contributed by atoms with van der Waals surface area (Å²) < 4.78 is 1.92. The fourth-order valence-electron chi connectivity index (χ4n) is 3.67. The minimum absolute atomic E-state index is 0.0803. The normalized spacial score (nSPS) is 15.8. The highest BCUT2D eigenvalue weighted by atomic mass is 32.2. The van der Waals surface area contributed by atoms with Gasteiger partial charge in [0.15, 0.2) is 0 Å². The van der Waals surface area contributed by atoms with E-state index in [0.29, 0.717) is 11.2 Å². The molecule has 150 valence electrons. The molecule has 3 aromatic rings. The monoisotopic (exact) mass is 407 g/mol. The molecule has 6 nitrogen and oxygen atoms in total. The molecule has 0 bridgehead atoms. The molecule has 1 unspecified atom stereocenters. The second-order valence-corrected chi connectivity index (χ2v) is 8.53. The van der Waals surface area contributed by atoms with Gasteiger partial charge in [-0.3, -0.25) is 4.79 Å². The van der Waals surface area contributed by atoms with Crippen LogP contribution in [-0.4, -0.2) is 26.1 Å². The zero-order valence-corrected chi connectivity index (χ0v) is 17.3. The van der Waals surface area contributed by atoms with E-state index < -0.39 is 5.25 Å². The molecule has 1 aliphatic rings. The number of amides is 1. The Bertz CT molecular complexity index is 935. The lowest BCUT2D eigenvalue weighted by atomic mass is 9.96. The predicted molar refractivity (Wildman–Crippen MR) is 115 cm³/mol. The molecule has 29 heavy (non-hydrogen) atoms. The van der Waals surface area contributed by atoms with Crippen LogP contribution in [0.3, 0.4) is 0 Å². The Morgan fingerprint density at radius 2 is 1.79 bits per heavy atom. The lowest BCUT2D eigenvalue weighted by Crippen LogP contribution is -2.20. The number of carbonyl (C=O) groups excluding carboxylic acids is 1. The Kier molecular flexibility index (Phi) is 6.24. The van der Waals surface area contributed by atoms with E-state index in [1.54, 1.807) is 0 Å². The molecule has 1 atom stereocenters. The molecule has 0 aliphatic heterocycles. The summed E-state index contributed by atoms with van der Waals surface area (Å²) in [5.74, 6) is -0.0803. The smallest absolute Gasteiger partial charge is 0.242 e. The number of aromatic nitrogens is 4. The van der Waals surface area contributed by atoms with Crippen LogP contribution in [0.2, 0.25) is 0 Å². The first kappa shape index (κ1) is 19.6. The maximum atomic E-state index is 13.2. The van der Waals surface area contributed by atoms with Crippen molar-refractivity contribution in [3.05, 3.63) is 65.7 Å². The van der Waals surface area contributed by atoms with Gasteiger partial charge in [0, 0.05) is 5.69 Å². The van der Waals surface area contributed by atoms with Gasteiger partial charge in [-0.1, -0.05) is 79.1 Å². The van der Waals surface area contributed by atoms with E-state index in [1.165, 1.54) is 31.0 Å². The van der Waals surface area contributed by atoms with Crippen molar-refractivity contribution < 1.29 is 4.79 Å². The number of tetrazole rings is 1.